The first-order valence-corrected chi connectivity index (χ1v) is 9.28. The second kappa shape index (κ2) is 7.67. The van der Waals surface area contributed by atoms with E-state index in [1.165, 1.54) is 0 Å². The van der Waals surface area contributed by atoms with Crippen molar-refractivity contribution in [3.8, 4) is 5.75 Å². The van der Waals surface area contributed by atoms with E-state index in [0.29, 0.717) is 11.3 Å². The molecule has 1 amide bonds. The first-order valence-electron chi connectivity index (χ1n) is 9.28. The van der Waals surface area contributed by atoms with Gasteiger partial charge in [0.2, 0.25) is 0 Å². The lowest BCUT2D eigenvalue weighted by Crippen LogP contribution is -2.15. The Bertz CT molecular complexity index is 1150. The summed E-state index contributed by atoms with van der Waals surface area (Å²) < 4.78 is 7.24. The van der Waals surface area contributed by atoms with E-state index in [0.717, 1.165) is 28.5 Å². The van der Waals surface area contributed by atoms with Crippen molar-refractivity contribution in [2.24, 2.45) is 0 Å². The van der Waals surface area contributed by atoms with Crippen molar-refractivity contribution in [2.45, 2.75) is 6.92 Å². The van der Waals surface area contributed by atoms with Gasteiger partial charge in [0.15, 0.2) is 0 Å². The van der Waals surface area contributed by atoms with Crippen LogP contribution in [0.4, 0.5) is 17.2 Å². The molecule has 0 bridgehead atoms. The predicted octanol–water partition coefficient (Wildman–Crippen LogP) is 4.67. The standard InChI is InChI=1S/C23H22N4O2/c1-16-4-6-18(14-24-16)25-23(28)17-5-7-20-10-13-22(27(20)15-17)26(2)19-8-11-21(29-3)12-9-19/h4-15H,1-3H3,(H,25,28). The molecule has 0 atom stereocenters. The van der Waals surface area contributed by atoms with E-state index >= 15 is 0 Å². The molecule has 0 aliphatic rings. The monoisotopic (exact) mass is 386 g/mol. The third-order valence-corrected chi connectivity index (χ3v) is 4.86. The zero-order valence-corrected chi connectivity index (χ0v) is 16.6. The molecule has 1 aromatic carbocycles. The summed E-state index contributed by atoms with van der Waals surface area (Å²) >= 11 is 0. The summed E-state index contributed by atoms with van der Waals surface area (Å²) in [5.41, 5.74) is 4.17. The third-order valence-electron chi connectivity index (χ3n) is 4.86. The summed E-state index contributed by atoms with van der Waals surface area (Å²) in [7, 11) is 3.65. The summed E-state index contributed by atoms with van der Waals surface area (Å²) in [5.74, 6) is 1.59. The van der Waals surface area contributed by atoms with Crippen LogP contribution in [0.15, 0.2) is 73.1 Å². The van der Waals surface area contributed by atoms with Crippen molar-refractivity contribution < 1.29 is 9.53 Å². The normalized spacial score (nSPS) is 10.7. The van der Waals surface area contributed by atoms with Crippen molar-refractivity contribution in [2.75, 3.05) is 24.4 Å². The van der Waals surface area contributed by atoms with E-state index in [9.17, 15) is 4.79 Å². The Morgan fingerprint density at radius 1 is 1.03 bits per heavy atom. The largest absolute Gasteiger partial charge is 0.497 e. The highest BCUT2D eigenvalue weighted by Crippen LogP contribution is 2.28. The van der Waals surface area contributed by atoms with Crippen LogP contribution in [0.5, 0.6) is 5.75 Å². The molecule has 0 radical (unpaired) electrons. The highest BCUT2D eigenvalue weighted by molar-refractivity contribution is 6.04. The van der Waals surface area contributed by atoms with Gasteiger partial charge in [-0.25, -0.2) is 0 Å². The van der Waals surface area contributed by atoms with Crippen LogP contribution in [0.3, 0.4) is 0 Å². The SMILES string of the molecule is COc1ccc(N(C)c2ccc3ccc(C(=O)Nc4ccc(C)nc4)cn23)cc1. The number of ether oxygens (including phenoxy) is 1. The molecule has 3 aromatic heterocycles. The van der Waals surface area contributed by atoms with E-state index in [2.05, 4.69) is 15.2 Å². The average Bonchev–Trinajstić information content (AvgIpc) is 3.18. The topological polar surface area (TPSA) is 58.9 Å². The van der Waals surface area contributed by atoms with Gasteiger partial charge in [-0.2, -0.15) is 0 Å². The van der Waals surface area contributed by atoms with E-state index in [1.54, 1.807) is 13.3 Å². The molecule has 3 heterocycles. The van der Waals surface area contributed by atoms with Crippen LogP contribution in [0.1, 0.15) is 16.1 Å². The lowest BCUT2D eigenvalue weighted by Gasteiger charge is -2.20. The summed E-state index contributed by atoms with van der Waals surface area (Å²) in [5, 5.41) is 2.89. The number of anilines is 3. The van der Waals surface area contributed by atoms with Gasteiger partial charge in [0.1, 0.15) is 11.6 Å². The fourth-order valence-electron chi connectivity index (χ4n) is 3.18. The first kappa shape index (κ1) is 18.6. The number of amides is 1. The second-order valence-corrected chi connectivity index (χ2v) is 6.80. The molecule has 6 nitrogen and oxygen atoms in total. The van der Waals surface area contributed by atoms with Gasteiger partial charge in [-0.05, 0) is 67.6 Å². The van der Waals surface area contributed by atoms with Crippen LogP contribution in [-0.4, -0.2) is 29.4 Å². The maximum atomic E-state index is 12.7. The van der Waals surface area contributed by atoms with Gasteiger partial charge in [0, 0.05) is 30.1 Å². The smallest absolute Gasteiger partial charge is 0.257 e. The number of hydrogen-bond donors (Lipinski definition) is 1. The molecule has 29 heavy (non-hydrogen) atoms. The number of nitrogens with one attached hydrogen (secondary N) is 1. The number of rotatable bonds is 5. The molecular formula is C23H22N4O2. The molecule has 4 rings (SSSR count). The van der Waals surface area contributed by atoms with Gasteiger partial charge in [-0.1, -0.05) is 0 Å². The minimum Gasteiger partial charge on any atom is -0.497 e. The van der Waals surface area contributed by atoms with Gasteiger partial charge in [-0.3, -0.25) is 9.78 Å². The van der Waals surface area contributed by atoms with Gasteiger partial charge < -0.3 is 19.4 Å². The molecule has 146 valence electrons. The summed E-state index contributed by atoms with van der Waals surface area (Å²) in [6, 6.07) is 19.4. The van der Waals surface area contributed by atoms with Crippen LogP contribution in [0, 0.1) is 6.92 Å². The van der Waals surface area contributed by atoms with Crippen LogP contribution in [-0.2, 0) is 0 Å². The molecule has 0 aliphatic carbocycles. The van der Waals surface area contributed by atoms with E-state index < -0.39 is 0 Å². The summed E-state index contributed by atoms with van der Waals surface area (Å²) in [4.78, 5) is 19.0. The second-order valence-electron chi connectivity index (χ2n) is 6.80. The minimum absolute atomic E-state index is 0.177. The highest BCUT2D eigenvalue weighted by Gasteiger charge is 2.12. The zero-order valence-electron chi connectivity index (χ0n) is 16.6. The Morgan fingerprint density at radius 3 is 2.48 bits per heavy atom. The van der Waals surface area contributed by atoms with Crippen LogP contribution in [0.2, 0.25) is 0 Å². The molecule has 0 spiro atoms. The molecule has 0 unspecified atom stereocenters. The fourth-order valence-corrected chi connectivity index (χ4v) is 3.18. The fraction of sp³-hybridized carbons (Fsp3) is 0.130. The van der Waals surface area contributed by atoms with Crippen molar-refractivity contribution in [3.05, 3.63) is 84.3 Å². The van der Waals surface area contributed by atoms with E-state index in [-0.39, 0.29) is 5.91 Å². The average molecular weight is 386 g/mol. The molecule has 4 aromatic rings. The highest BCUT2D eigenvalue weighted by atomic mass is 16.5. The Labute approximate surface area is 169 Å². The minimum atomic E-state index is -0.177. The van der Waals surface area contributed by atoms with Crippen molar-refractivity contribution in [1.82, 2.24) is 9.38 Å². The molecule has 1 N–H and O–H groups in total. The molecule has 0 saturated heterocycles. The number of pyridine rings is 2. The number of benzene rings is 1. The summed E-state index contributed by atoms with van der Waals surface area (Å²) in [6.07, 6.45) is 3.51. The first-order chi connectivity index (χ1) is 14.0. The van der Waals surface area contributed by atoms with Gasteiger partial charge in [0.25, 0.3) is 5.91 Å². The Kier molecular flexibility index (Phi) is 4.91. The molecule has 6 heteroatoms. The number of methoxy groups -OCH3 is 1. The van der Waals surface area contributed by atoms with Gasteiger partial charge in [0.05, 0.1) is 24.6 Å². The molecule has 0 saturated carbocycles. The predicted molar refractivity (Wildman–Crippen MR) is 115 cm³/mol. The number of nitrogens with zero attached hydrogens (tertiary/aromatic N) is 3. The van der Waals surface area contributed by atoms with Crippen molar-refractivity contribution in [3.63, 3.8) is 0 Å². The zero-order chi connectivity index (χ0) is 20.4. The van der Waals surface area contributed by atoms with Crippen LogP contribution >= 0.6 is 0 Å². The molecule has 0 fully saturated rings. The third kappa shape index (κ3) is 3.78. The quantitative estimate of drug-likeness (QED) is 0.541. The lowest BCUT2D eigenvalue weighted by atomic mass is 10.2. The number of aryl methyl sites for hydroxylation is 1. The maximum Gasteiger partial charge on any atom is 0.257 e. The molecule has 0 aliphatic heterocycles. The Hall–Kier alpha value is -3.80. The number of fused-ring (bicyclic) bond motifs is 1. The number of aromatic nitrogens is 2. The van der Waals surface area contributed by atoms with Crippen LogP contribution < -0.4 is 15.0 Å². The Balaban J connectivity index is 1.63. The van der Waals surface area contributed by atoms with E-state index in [4.69, 9.17) is 4.74 Å². The van der Waals surface area contributed by atoms with E-state index in [1.807, 2.05) is 85.2 Å². The van der Waals surface area contributed by atoms with Gasteiger partial charge >= 0.3 is 0 Å². The van der Waals surface area contributed by atoms with Crippen LogP contribution in [0.25, 0.3) is 5.52 Å². The lowest BCUT2D eigenvalue weighted by molar-refractivity contribution is 0.102. The number of carbonyl (C=O) groups is 1. The number of carbonyl (C=O) groups excluding carboxylic acids is 1. The van der Waals surface area contributed by atoms with Crippen molar-refractivity contribution >= 4 is 28.6 Å². The maximum absolute atomic E-state index is 12.7. The molecular weight excluding hydrogens is 364 g/mol. The summed E-state index contributed by atoms with van der Waals surface area (Å²) in [6.45, 7) is 1.91. The Morgan fingerprint density at radius 2 is 1.79 bits per heavy atom. The van der Waals surface area contributed by atoms with Gasteiger partial charge in [-0.15, -0.1) is 0 Å². The van der Waals surface area contributed by atoms with Crippen molar-refractivity contribution in [1.29, 1.82) is 0 Å². The number of hydrogen-bond acceptors (Lipinski definition) is 4.